The van der Waals surface area contributed by atoms with Crippen LogP contribution in [0.4, 0.5) is 0 Å². The summed E-state index contributed by atoms with van der Waals surface area (Å²) in [5.41, 5.74) is 1.37. The zero-order chi connectivity index (χ0) is 20.5. The van der Waals surface area contributed by atoms with Gasteiger partial charge in [0.15, 0.2) is 11.5 Å². The first-order valence-electron chi connectivity index (χ1n) is 11.1. The van der Waals surface area contributed by atoms with E-state index in [2.05, 4.69) is 25.7 Å². The Morgan fingerprint density at radius 2 is 0.964 bits per heavy atom. The van der Waals surface area contributed by atoms with Crippen LogP contribution < -0.4 is 9.47 Å². The maximum absolute atomic E-state index is 6.01. The fraction of sp³-hybridized carbons (Fsp3) is 0.615. The minimum absolute atomic E-state index is 0.679. The molecule has 28 heavy (non-hydrogen) atoms. The normalized spacial score (nSPS) is 10.3. The van der Waals surface area contributed by atoms with Gasteiger partial charge in [0.1, 0.15) is 0 Å². The van der Waals surface area contributed by atoms with Crippen molar-refractivity contribution in [2.45, 2.75) is 90.9 Å². The number of ether oxygens (including phenoxy) is 2. The number of hydrogen-bond donors (Lipinski definition) is 0. The molecule has 0 aromatic heterocycles. The molecule has 2 nitrogen and oxygen atoms in total. The second kappa shape index (κ2) is 15.9. The SMILES string of the molecule is C#Cc1cc(OCCCCCCCC)c(OCCCCCCCC)cc1C#C. The Balaban J connectivity index is 2.55. The van der Waals surface area contributed by atoms with Crippen molar-refractivity contribution < 1.29 is 9.47 Å². The lowest BCUT2D eigenvalue weighted by molar-refractivity contribution is 0.258. The highest BCUT2D eigenvalue weighted by Crippen LogP contribution is 2.31. The summed E-state index contributed by atoms with van der Waals surface area (Å²) < 4.78 is 12.0. The molecule has 0 saturated carbocycles. The molecule has 0 amide bonds. The Kier molecular flexibility index (Phi) is 13.7. The van der Waals surface area contributed by atoms with Crippen LogP contribution in [0.5, 0.6) is 11.5 Å². The Labute approximate surface area is 173 Å². The van der Waals surface area contributed by atoms with E-state index in [1.807, 2.05) is 12.1 Å². The third-order valence-electron chi connectivity index (χ3n) is 4.91. The minimum atomic E-state index is 0.679. The van der Waals surface area contributed by atoms with Crippen LogP contribution in [0.2, 0.25) is 0 Å². The van der Waals surface area contributed by atoms with Crippen LogP contribution in [0, 0.1) is 24.7 Å². The summed E-state index contributed by atoms with van der Waals surface area (Å²) in [6.45, 7) is 5.83. The fourth-order valence-corrected chi connectivity index (χ4v) is 3.15. The van der Waals surface area contributed by atoms with Crippen molar-refractivity contribution in [1.82, 2.24) is 0 Å². The lowest BCUT2D eigenvalue weighted by Crippen LogP contribution is -2.04. The monoisotopic (exact) mass is 382 g/mol. The van der Waals surface area contributed by atoms with Crippen molar-refractivity contribution in [3.05, 3.63) is 23.3 Å². The number of terminal acetylenes is 2. The molecule has 0 saturated heterocycles. The van der Waals surface area contributed by atoms with E-state index in [0.29, 0.717) is 35.8 Å². The van der Waals surface area contributed by atoms with Gasteiger partial charge in [-0.1, -0.05) is 89.9 Å². The topological polar surface area (TPSA) is 18.5 Å². The largest absolute Gasteiger partial charge is 0.490 e. The van der Waals surface area contributed by atoms with Crippen LogP contribution in [-0.2, 0) is 0 Å². The van der Waals surface area contributed by atoms with Crippen molar-refractivity contribution in [2.24, 2.45) is 0 Å². The molecule has 0 aliphatic heterocycles. The Bertz CT molecular complexity index is 564. The van der Waals surface area contributed by atoms with Crippen LogP contribution in [0.25, 0.3) is 0 Å². The maximum atomic E-state index is 6.01. The summed E-state index contributed by atoms with van der Waals surface area (Å²) in [5.74, 6) is 6.74. The van der Waals surface area contributed by atoms with E-state index >= 15 is 0 Å². The zero-order valence-corrected chi connectivity index (χ0v) is 18.0. The van der Waals surface area contributed by atoms with Crippen LogP contribution in [0.3, 0.4) is 0 Å². The van der Waals surface area contributed by atoms with Gasteiger partial charge in [-0.3, -0.25) is 0 Å². The summed E-state index contributed by atoms with van der Waals surface area (Å²) in [5, 5.41) is 0. The van der Waals surface area contributed by atoms with Gasteiger partial charge in [-0.25, -0.2) is 0 Å². The van der Waals surface area contributed by atoms with Gasteiger partial charge in [0.2, 0.25) is 0 Å². The quantitative estimate of drug-likeness (QED) is 0.224. The van der Waals surface area contributed by atoms with E-state index in [9.17, 15) is 0 Å². The average Bonchev–Trinajstić information content (AvgIpc) is 2.72. The van der Waals surface area contributed by atoms with Crippen molar-refractivity contribution in [2.75, 3.05) is 13.2 Å². The highest BCUT2D eigenvalue weighted by molar-refractivity contribution is 5.57. The van der Waals surface area contributed by atoms with E-state index < -0.39 is 0 Å². The lowest BCUT2D eigenvalue weighted by atomic mass is 10.1. The van der Waals surface area contributed by atoms with E-state index in [1.165, 1.54) is 64.2 Å². The third kappa shape index (κ3) is 9.75. The van der Waals surface area contributed by atoms with Crippen molar-refractivity contribution in [3.63, 3.8) is 0 Å². The number of benzene rings is 1. The molecule has 0 N–H and O–H groups in total. The first-order valence-corrected chi connectivity index (χ1v) is 11.1. The zero-order valence-electron chi connectivity index (χ0n) is 18.0. The number of rotatable bonds is 16. The average molecular weight is 383 g/mol. The van der Waals surface area contributed by atoms with Gasteiger partial charge in [-0.15, -0.1) is 12.8 Å². The molecule has 0 atom stereocenters. The number of unbranched alkanes of at least 4 members (excludes halogenated alkanes) is 10. The second-order valence-corrected chi connectivity index (χ2v) is 7.37. The van der Waals surface area contributed by atoms with E-state index in [-0.39, 0.29) is 0 Å². The van der Waals surface area contributed by atoms with Crippen molar-refractivity contribution >= 4 is 0 Å². The molecule has 2 heteroatoms. The highest BCUT2D eigenvalue weighted by Gasteiger charge is 2.11. The van der Waals surface area contributed by atoms with Gasteiger partial charge in [0.05, 0.1) is 13.2 Å². The summed E-state index contributed by atoms with van der Waals surface area (Å²) in [6.07, 6.45) is 26.0. The Hall–Kier alpha value is -2.06. The molecule has 0 aliphatic rings. The molecule has 1 aromatic carbocycles. The summed E-state index contributed by atoms with van der Waals surface area (Å²) in [4.78, 5) is 0. The van der Waals surface area contributed by atoms with Gasteiger partial charge >= 0.3 is 0 Å². The summed E-state index contributed by atoms with van der Waals surface area (Å²) in [7, 11) is 0. The third-order valence-corrected chi connectivity index (χ3v) is 4.91. The second-order valence-electron chi connectivity index (χ2n) is 7.37. The molecule has 0 spiro atoms. The van der Waals surface area contributed by atoms with Crippen LogP contribution in [-0.4, -0.2) is 13.2 Å². The summed E-state index contributed by atoms with van der Waals surface area (Å²) >= 11 is 0. The van der Waals surface area contributed by atoms with Gasteiger partial charge in [0.25, 0.3) is 0 Å². The maximum Gasteiger partial charge on any atom is 0.162 e. The Morgan fingerprint density at radius 3 is 1.32 bits per heavy atom. The van der Waals surface area contributed by atoms with Gasteiger partial charge < -0.3 is 9.47 Å². The van der Waals surface area contributed by atoms with E-state index in [1.54, 1.807) is 0 Å². The molecule has 0 fully saturated rings. The molecular weight excluding hydrogens is 344 g/mol. The molecule has 0 radical (unpaired) electrons. The molecule has 154 valence electrons. The molecule has 0 unspecified atom stereocenters. The van der Waals surface area contributed by atoms with Crippen LogP contribution >= 0.6 is 0 Å². The molecule has 0 heterocycles. The molecular formula is C26H38O2. The standard InChI is InChI=1S/C26H38O2/c1-5-9-11-13-15-17-19-27-25-21-23(7-3)24(8-4)22-26(25)28-20-18-16-14-12-10-6-2/h3-4,21-22H,5-6,9-20H2,1-2H3. The van der Waals surface area contributed by atoms with Crippen molar-refractivity contribution in [1.29, 1.82) is 0 Å². The smallest absolute Gasteiger partial charge is 0.162 e. The molecule has 1 aromatic rings. The summed E-state index contributed by atoms with van der Waals surface area (Å²) in [6, 6.07) is 3.70. The molecule has 0 bridgehead atoms. The predicted molar refractivity (Wildman–Crippen MR) is 120 cm³/mol. The fourth-order valence-electron chi connectivity index (χ4n) is 3.15. The number of hydrogen-bond acceptors (Lipinski definition) is 2. The highest BCUT2D eigenvalue weighted by atomic mass is 16.5. The van der Waals surface area contributed by atoms with E-state index in [4.69, 9.17) is 22.3 Å². The predicted octanol–water partition coefficient (Wildman–Crippen LogP) is 7.13. The first-order chi connectivity index (χ1) is 13.8. The molecule has 0 aliphatic carbocycles. The van der Waals surface area contributed by atoms with Crippen LogP contribution in [0.15, 0.2) is 12.1 Å². The van der Waals surface area contributed by atoms with Crippen LogP contribution in [0.1, 0.15) is 102 Å². The van der Waals surface area contributed by atoms with Gasteiger partial charge in [0, 0.05) is 23.3 Å². The minimum Gasteiger partial charge on any atom is -0.490 e. The Morgan fingerprint density at radius 1 is 0.607 bits per heavy atom. The van der Waals surface area contributed by atoms with E-state index in [0.717, 1.165) is 12.8 Å². The van der Waals surface area contributed by atoms with Crippen molar-refractivity contribution in [3.8, 4) is 36.2 Å². The molecule has 1 rings (SSSR count). The lowest BCUT2D eigenvalue weighted by Gasteiger charge is -2.14. The van der Waals surface area contributed by atoms with Gasteiger partial charge in [-0.05, 0) is 12.8 Å². The van der Waals surface area contributed by atoms with Gasteiger partial charge in [-0.2, -0.15) is 0 Å². The first kappa shape index (κ1) is 24.0.